The quantitative estimate of drug-likeness (QED) is 0.876. The van der Waals surface area contributed by atoms with Crippen LogP contribution in [-0.4, -0.2) is 9.67 Å². The monoisotopic (exact) mass is 283 g/mol. The molecule has 0 unspecified atom stereocenters. The summed E-state index contributed by atoms with van der Waals surface area (Å²) in [5.74, 6) is 0.828. The molecule has 0 aliphatic heterocycles. The fourth-order valence-electron chi connectivity index (χ4n) is 3.53. The minimum atomic E-state index is 0.123. The van der Waals surface area contributed by atoms with E-state index in [1.54, 1.807) is 0 Å². The lowest BCUT2D eigenvalue weighted by atomic mass is 9.86. The summed E-state index contributed by atoms with van der Waals surface area (Å²) < 4.78 is 2.31. The first kappa shape index (κ1) is 14.4. The molecule has 2 heteroatoms. The van der Waals surface area contributed by atoms with Crippen LogP contribution in [0.4, 0.5) is 0 Å². The van der Waals surface area contributed by atoms with Crippen LogP contribution in [-0.2, 0) is 19.6 Å². The number of nitrogens with zero attached hydrogens (tertiary/aromatic N) is 1. The minimum absolute atomic E-state index is 0.123. The number of benzene rings is 1. The number of rotatable bonds is 5. The Morgan fingerprint density at radius 2 is 1.62 bits per heavy atom. The van der Waals surface area contributed by atoms with Gasteiger partial charge in [-0.3, -0.25) is 0 Å². The SMILES string of the molecule is OCc1ccc(CC2CCCCC2)n1Cc1ccccc1. The Morgan fingerprint density at radius 3 is 2.33 bits per heavy atom. The highest BCUT2D eigenvalue weighted by Gasteiger charge is 2.17. The molecule has 1 aliphatic carbocycles. The van der Waals surface area contributed by atoms with E-state index in [1.165, 1.54) is 43.4 Å². The van der Waals surface area contributed by atoms with Gasteiger partial charge in [-0.05, 0) is 30.0 Å². The highest BCUT2D eigenvalue weighted by atomic mass is 16.3. The zero-order valence-electron chi connectivity index (χ0n) is 12.7. The summed E-state index contributed by atoms with van der Waals surface area (Å²) in [5, 5.41) is 9.59. The molecule has 2 aromatic rings. The van der Waals surface area contributed by atoms with Gasteiger partial charge in [0, 0.05) is 17.9 Å². The number of hydrogen-bond donors (Lipinski definition) is 1. The van der Waals surface area contributed by atoms with Gasteiger partial charge in [0.2, 0.25) is 0 Å². The van der Waals surface area contributed by atoms with Crippen LogP contribution in [0.5, 0.6) is 0 Å². The van der Waals surface area contributed by atoms with Gasteiger partial charge >= 0.3 is 0 Å². The topological polar surface area (TPSA) is 25.2 Å². The lowest BCUT2D eigenvalue weighted by Gasteiger charge is -2.22. The molecule has 2 nitrogen and oxygen atoms in total. The van der Waals surface area contributed by atoms with E-state index >= 15 is 0 Å². The molecule has 1 fully saturated rings. The van der Waals surface area contributed by atoms with Crippen LogP contribution in [0.3, 0.4) is 0 Å². The zero-order valence-corrected chi connectivity index (χ0v) is 12.7. The molecule has 1 N–H and O–H groups in total. The Labute approximate surface area is 127 Å². The van der Waals surface area contributed by atoms with E-state index in [0.29, 0.717) is 0 Å². The third-order valence-corrected chi connectivity index (χ3v) is 4.73. The molecule has 1 heterocycles. The molecule has 0 radical (unpaired) electrons. The smallest absolute Gasteiger partial charge is 0.0833 e. The van der Waals surface area contributed by atoms with Crippen LogP contribution in [0.1, 0.15) is 49.1 Å². The van der Waals surface area contributed by atoms with Crippen molar-refractivity contribution in [1.82, 2.24) is 4.57 Å². The maximum Gasteiger partial charge on any atom is 0.0833 e. The summed E-state index contributed by atoms with van der Waals surface area (Å²) in [6.45, 7) is 0.989. The largest absolute Gasteiger partial charge is 0.390 e. The molecule has 0 amide bonds. The van der Waals surface area contributed by atoms with Crippen molar-refractivity contribution in [3.63, 3.8) is 0 Å². The molecule has 112 valence electrons. The van der Waals surface area contributed by atoms with Gasteiger partial charge < -0.3 is 9.67 Å². The van der Waals surface area contributed by atoms with Crippen molar-refractivity contribution in [1.29, 1.82) is 0 Å². The second-order valence-corrected chi connectivity index (χ2v) is 6.25. The summed E-state index contributed by atoms with van der Waals surface area (Å²) in [5.41, 5.74) is 3.72. The molecule has 0 spiro atoms. The summed E-state index contributed by atoms with van der Waals surface area (Å²) in [7, 11) is 0. The van der Waals surface area contributed by atoms with Gasteiger partial charge in [0.05, 0.1) is 6.61 Å². The molecule has 0 saturated heterocycles. The molecule has 0 atom stereocenters. The Morgan fingerprint density at radius 1 is 0.905 bits per heavy atom. The molecule has 1 aromatic heterocycles. The maximum absolute atomic E-state index is 9.59. The van der Waals surface area contributed by atoms with E-state index in [-0.39, 0.29) is 6.61 Å². The number of aliphatic hydroxyl groups is 1. The number of aromatic nitrogens is 1. The predicted octanol–water partition coefficient (Wildman–Crippen LogP) is 4.15. The van der Waals surface area contributed by atoms with Crippen molar-refractivity contribution in [2.75, 3.05) is 0 Å². The van der Waals surface area contributed by atoms with E-state index in [4.69, 9.17) is 0 Å². The van der Waals surface area contributed by atoms with Gasteiger partial charge in [-0.25, -0.2) is 0 Å². The molecular weight excluding hydrogens is 258 g/mol. The molecule has 1 aromatic carbocycles. The first-order chi connectivity index (χ1) is 10.4. The Balaban J connectivity index is 1.78. The van der Waals surface area contributed by atoms with Gasteiger partial charge in [0.25, 0.3) is 0 Å². The average Bonchev–Trinajstić information content (AvgIpc) is 2.91. The molecule has 21 heavy (non-hydrogen) atoms. The van der Waals surface area contributed by atoms with Gasteiger partial charge in [-0.1, -0.05) is 62.4 Å². The molecule has 0 bridgehead atoms. The fraction of sp³-hybridized carbons (Fsp3) is 0.474. The van der Waals surface area contributed by atoms with E-state index in [2.05, 4.69) is 47.0 Å². The van der Waals surface area contributed by atoms with Crippen LogP contribution in [0.25, 0.3) is 0 Å². The van der Waals surface area contributed by atoms with E-state index in [1.807, 2.05) is 0 Å². The van der Waals surface area contributed by atoms with Crippen LogP contribution in [0, 0.1) is 5.92 Å². The lowest BCUT2D eigenvalue weighted by molar-refractivity contribution is 0.270. The normalized spacial score (nSPS) is 16.2. The number of aliphatic hydroxyl groups excluding tert-OH is 1. The first-order valence-corrected chi connectivity index (χ1v) is 8.19. The molecular formula is C19H25NO. The molecule has 1 saturated carbocycles. The minimum Gasteiger partial charge on any atom is -0.390 e. The summed E-state index contributed by atoms with van der Waals surface area (Å²) in [4.78, 5) is 0. The van der Waals surface area contributed by atoms with Crippen molar-refractivity contribution in [2.45, 2.75) is 51.7 Å². The third kappa shape index (κ3) is 3.56. The Kier molecular flexibility index (Phi) is 4.76. The Bertz CT molecular complexity index is 552. The second kappa shape index (κ2) is 6.95. The van der Waals surface area contributed by atoms with Crippen molar-refractivity contribution in [3.05, 3.63) is 59.4 Å². The van der Waals surface area contributed by atoms with E-state index in [0.717, 1.165) is 24.6 Å². The maximum atomic E-state index is 9.59. The number of hydrogen-bond acceptors (Lipinski definition) is 1. The summed E-state index contributed by atoms with van der Waals surface area (Å²) >= 11 is 0. The highest BCUT2D eigenvalue weighted by Crippen LogP contribution is 2.28. The summed E-state index contributed by atoms with van der Waals surface area (Å²) in [6, 6.07) is 14.8. The van der Waals surface area contributed by atoms with Gasteiger partial charge in [0.1, 0.15) is 0 Å². The fourth-order valence-corrected chi connectivity index (χ4v) is 3.53. The summed E-state index contributed by atoms with van der Waals surface area (Å²) in [6.07, 6.45) is 8.07. The Hall–Kier alpha value is -1.54. The van der Waals surface area contributed by atoms with Crippen molar-refractivity contribution in [2.24, 2.45) is 5.92 Å². The van der Waals surface area contributed by atoms with Crippen LogP contribution >= 0.6 is 0 Å². The first-order valence-electron chi connectivity index (χ1n) is 8.19. The molecule has 1 aliphatic rings. The van der Waals surface area contributed by atoms with Crippen LogP contribution in [0.2, 0.25) is 0 Å². The van der Waals surface area contributed by atoms with Crippen LogP contribution < -0.4 is 0 Å². The van der Waals surface area contributed by atoms with Crippen molar-refractivity contribution in [3.8, 4) is 0 Å². The van der Waals surface area contributed by atoms with Crippen molar-refractivity contribution < 1.29 is 5.11 Å². The zero-order chi connectivity index (χ0) is 14.5. The predicted molar refractivity (Wildman–Crippen MR) is 86.2 cm³/mol. The third-order valence-electron chi connectivity index (χ3n) is 4.73. The van der Waals surface area contributed by atoms with E-state index in [9.17, 15) is 5.11 Å². The van der Waals surface area contributed by atoms with E-state index < -0.39 is 0 Å². The lowest BCUT2D eigenvalue weighted by Crippen LogP contribution is -2.14. The van der Waals surface area contributed by atoms with Crippen LogP contribution in [0.15, 0.2) is 42.5 Å². The average molecular weight is 283 g/mol. The molecule has 3 rings (SSSR count). The standard InChI is InChI=1S/C19H25NO/c21-15-19-12-11-18(13-16-7-3-1-4-8-16)20(19)14-17-9-5-2-6-10-17/h2,5-6,9-12,16,21H,1,3-4,7-8,13-15H2. The second-order valence-electron chi connectivity index (χ2n) is 6.25. The highest BCUT2D eigenvalue weighted by molar-refractivity contribution is 5.22. The van der Waals surface area contributed by atoms with Crippen molar-refractivity contribution >= 4 is 0 Å². The van der Waals surface area contributed by atoms with Gasteiger partial charge in [-0.15, -0.1) is 0 Å². The van der Waals surface area contributed by atoms with Gasteiger partial charge in [0.15, 0.2) is 0 Å². The van der Waals surface area contributed by atoms with Gasteiger partial charge in [-0.2, -0.15) is 0 Å².